The van der Waals surface area contributed by atoms with Crippen molar-refractivity contribution in [3.8, 4) is 0 Å². The summed E-state index contributed by atoms with van der Waals surface area (Å²) in [5, 5.41) is 0. The molecule has 0 aliphatic rings. The molecule has 0 unspecified atom stereocenters. The molecular formula is C18H39O4P. The van der Waals surface area contributed by atoms with Crippen LogP contribution in [0.3, 0.4) is 0 Å². The molecule has 0 aromatic carbocycles. The molecule has 23 heavy (non-hydrogen) atoms. The summed E-state index contributed by atoms with van der Waals surface area (Å²) < 4.78 is 26.2. The van der Waals surface area contributed by atoms with Crippen LogP contribution in [0.2, 0.25) is 0 Å². The second-order valence-corrected chi connectivity index (χ2v) is 8.12. The number of unbranched alkanes of at least 4 members (excludes halogenated alkanes) is 13. The summed E-state index contributed by atoms with van der Waals surface area (Å²) in [6.07, 6.45) is 18.5. The smallest absolute Gasteiger partial charge is 0.290 e. The quantitative estimate of drug-likeness (QED) is 0.199. The van der Waals surface area contributed by atoms with E-state index >= 15 is 0 Å². The van der Waals surface area contributed by atoms with Crippen LogP contribution in [0.4, 0.5) is 0 Å². The first kappa shape index (κ1) is 23.1. The van der Waals surface area contributed by atoms with Gasteiger partial charge in [0.15, 0.2) is 0 Å². The molecule has 0 amide bonds. The summed E-state index contributed by atoms with van der Waals surface area (Å²) in [5.41, 5.74) is 0. The van der Waals surface area contributed by atoms with Crippen LogP contribution in [0, 0.1) is 0 Å². The molecule has 0 saturated carbocycles. The van der Waals surface area contributed by atoms with Gasteiger partial charge in [0, 0.05) is 14.2 Å². The fourth-order valence-corrected chi connectivity index (χ4v) is 3.37. The van der Waals surface area contributed by atoms with Gasteiger partial charge in [0.25, 0.3) is 0 Å². The van der Waals surface area contributed by atoms with Crippen molar-refractivity contribution in [2.45, 2.75) is 96.8 Å². The van der Waals surface area contributed by atoms with Gasteiger partial charge < -0.3 is 0 Å². The van der Waals surface area contributed by atoms with Gasteiger partial charge in [-0.15, -0.1) is 0 Å². The fourth-order valence-electron chi connectivity index (χ4n) is 2.65. The van der Waals surface area contributed by atoms with Gasteiger partial charge in [0.2, 0.25) is 0 Å². The van der Waals surface area contributed by atoms with Crippen LogP contribution in [-0.4, -0.2) is 20.8 Å². The molecule has 0 fully saturated rings. The molecule has 0 aromatic rings. The lowest BCUT2D eigenvalue weighted by molar-refractivity contribution is 0.150. The van der Waals surface area contributed by atoms with Crippen LogP contribution in [0.5, 0.6) is 0 Å². The molecule has 0 bridgehead atoms. The van der Waals surface area contributed by atoms with Crippen molar-refractivity contribution in [1.82, 2.24) is 0 Å². The Labute approximate surface area is 144 Å². The van der Waals surface area contributed by atoms with Gasteiger partial charge in [-0.1, -0.05) is 90.4 Å². The summed E-state index contributed by atoms with van der Waals surface area (Å²) in [6.45, 7) is 2.71. The topological polar surface area (TPSA) is 44.8 Å². The molecule has 0 rings (SSSR count). The molecule has 0 aliphatic carbocycles. The second-order valence-electron chi connectivity index (χ2n) is 6.24. The number of phosphoric acid groups is 1. The van der Waals surface area contributed by atoms with Crippen LogP contribution in [0.25, 0.3) is 0 Å². The lowest BCUT2D eigenvalue weighted by Gasteiger charge is -2.12. The highest BCUT2D eigenvalue weighted by atomic mass is 31.2. The molecule has 140 valence electrons. The van der Waals surface area contributed by atoms with E-state index in [0.29, 0.717) is 6.61 Å². The molecule has 0 atom stereocenters. The summed E-state index contributed by atoms with van der Waals surface area (Å²) in [5.74, 6) is 0. The molecule has 0 aromatic heterocycles. The number of hydrogen-bond donors (Lipinski definition) is 0. The second kappa shape index (κ2) is 17.0. The third-order valence-corrected chi connectivity index (χ3v) is 5.59. The number of hydrogen-bond acceptors (Lipinski definition) is 4. The molecule has 4 nitrogen and oxygen atoms in total. The first-order valence-corrected chi connectivity index (χ1v) is 11.0. The fraction of sp³-hybridized carbons (Fsp3) is 1.00. The number of rotatable bonds is 18. The Morgan fingerprint density at radius 2 is 0.957 bits per heavy atom. The maximum absolute atomic E-state index is 11.6. The van der Waals surface area contributed by atoms with E-state index < -0.39 is 7.82 Å². The molecule has 0 heterocycles. The Morgan fingerprint density at radius 3 is 1.30 bits per heavy atom. The minimum Gasteiger partial charge on any atom is -0.290 e. The normalized spacial score (nSPS) is 12.0. The van der Waals surface area contributed by atoms with Gasteiger partial charge in [0.05, 0.1) is 6.61 Å². The highest BCUT2D eigenvalue weighted by molar-refractivity contribution is 7.48. The van der Waals surface area contributed by atoms with Crippen molar-refractivity contribution in [3.05, 3.63) is 0 Å². The largest absolute Gasteiger partial charge is 0.474 e. The van der Waals surface area contributed by atoms with Crippen LogP contribution in [0.15, 0.2) is 0 Å². The predicted octanol–water partition coefficient (Wildman–Crippen LogP) is 6.89. The lowest BCUT2D eigenvalue weighted by atomic mass is 10.0. The van der Waals surface area contributed by atoms with Crippen molar-refractivity contribution in [1.29, 1.82) is 0 Å². The Balaban J connectivity index is 3.15. The SMILES string of the molecule is CCCCCCCCCCCCCCCCOP(=O)(OC)OC. The maximum atomic E-state index is 11.6. The summed E-state index contributed by atoms with van der Waals surface area (Å²) in [4.78, 5) is 0. The zero-order valence-electron chi connectivity index (χ0n) is 15.7. The monoisotopic (exact) mass is 350 g/mol. The minimum atomic E-state index is -3.27. The summed E-state index contributed by atoms with van der Waals surface area (Å²) >= 11 is 0. The lowest BCUT2D eigenvalue weighted by Crippen LogP contribution is -1.97. The Hall–Kier alpha value is 0.110. The van der Waals surface area contributed by atoms with Crippen molar-refractivity contribution < 1.29 is 18.1 Å². The first-order valence-electron chi connectivity index (χ1n) is 9.54. The number of phosphoric ester groups is 1. The molecular weight excluding hydrogens is 311 g/mol. The van der Waals surface area contributed by atoms with Gasteiger partial charge in [-0.05, 0) is 6.42 Å². The summed E-state index contributed by atoms with van der Waals surface area (Å²) in [7, 11) is -0.582. The van der Waals surface area contributed by atoms with Crippen molar-refractivity contribution >= 4 is 7.82 Å². The van der Waals surface area contributed by atoms with Crippen molar-refractivity contribution in [2.24, 2.45) is 0 Å². The van der Waals surface area contributed by atoms with E-state index in [4.69, 9.17) is 13.6 Å². The average Bonchev–Trinajstić information content (AvgIpc) is 2.58. The van der Waals surface area contributed by atoms with E-state index in [9.17, 15) is 4.57 Å². The Morgan fingerprint density at radius 1 is 0.609 bits per heavy atom. The molecule has 0 spiro atoms. The standard InChI is InChI=1S/C18H39O4P/c1-4-5-6-7-8-9-10-11-12-13-14-15-16-17-18-22-23(19,20-2)21-3/h4-18H2,1-3H3. The molecule has 0 saturated heterocycles. The third-order valence-electron chi connectivity index (χ3n) is 4.19. The van der Waals surface area contributed by atoms with Crippen LogP contribution < -0.4 is 0 Å². The molecule has 0 N–H and O–H groups in total. The highest BCUT2D eigenvalue weighted by Gasteiger charge is 2.21. The average molecular weight is 350 g/mol. The zero-order valence-corrected chi connectivity index (χ0v) is 16.6. The molecule has 0 radical (unpaired) electrons. The molecule has 5 heteroatoms. The van der Waals surface area contributed by atoms with Gasteiger partial charge in [-0.3, -0.25) is 13.6 Å². The molecule has 0 aliphatic heterocycles. The van der Waals surface area contributed by atoms with Crippen LogP contribution in [0.1, 0.15) is 96.8 Å². The zero-order chi connectivity index (χ0) is 17.2. The van der Waals surface area contributed by atoms with E-state index in [1.54, 1.807) is 0 Å². The third kappa shape index (κ3) is 15.4. The van der Waals surface area contributed by atoms with Crippen LogP contribution >= 0.6 is 7.82 Å². The predicted molar refractivity (Wildman–Crippen MR) is 97.9 cm³/mol. The van der Waals surface area contributed by atoms with Gasteiger partial charge in [-0.25, -0.2) is 4.57 Å². The maximum Gasteiger partial charge on any atom is 0.474 e. The highest BCUT2D eigenvalue weighted by Crippen LogP contribution is 2.47. The van der Waals surface area contributed by atoms with Gasteiger partial charge in [-0.2, -0.15) is 0 Å². The summed E-state index contributed by atoms with van der Waals surface area (Å²) in [6, 6.07) is 0. The Bertz CT molecular complexity index is 276. The van der Waals surface area contributed by atoms with E-state index in [-0.39, 0.29) is 0 Å². The van der Waals surface area contributed by atoms with E-state index in [1.807, 2.05) is 0 Å². The van der Waals surface area contributed by atoms with E-state index in [0.717, 1.165) is 12.8 Å². The Kier molecular flexibility index (Phi) is 17.0. The first-order chi connectivity index (χ1) is 11.2. The van der Waals surface area contributed by atoms with E-state index in [2.05, 4.69) is 6.92 Å². The van der Waals surface area contributed by atoms with Crippen LogP contribution in [-0.2, 0) is 18.1 Å². The van der Waals surface area contributed by atoms with Gasteiger partial charge in [0.1, 0.15) is 0 Å². The minimum absolute atomic E-state index is 0.441. The van der Waals surface area contributed by atoms with Crippen molar-refractivity contribution in [2.75, 3.05) is 20.8 Å². The van der Waals surface area contributed by atoms with Crippen molar-refractivity contribution in [3.63, 3.8) is 0 Å². The van der Waals surface area contributed by atoms with E-state index in [1.165, 1.54) is 91.3 Å². The van der Waals surface area contributed by atoms with Gasteiger partial charge >= 0.3 is 7.82 Å².